The number of pyridine rings is 1. The number of benzene rings is 2. The molecule has 0 fully saturated rings. The molecule has 1 N–H and O–H groups in total. The fourth-order valence-corrected chi connectivity index (χ4v) is 5.09. The van der Waals surface area contributed by atoms with Crippen molar-refractivity contribution in [2.45, 2.75) is 26.8 Å². The Morgan fingerprint density at radius 3 is 2.34 bits per heavy atom. The van der Waals surface area contributed by atoms with E-state index in [4.69, 9.17) is 14.9 Å². The number of aromatic nitrogens is 1. The van der Waals surface area contributed by atoms with E-state index >= 15 is 8.78 Å². The number of amides is 3. The first-order valence-corrected chi connectivity index (χ1v) is 12.8. The molecule has 2 aliphatic heterocycles. The van der Waals surface area contributed by atoms with Crippen LogP contribution < -0.4 is 19.3 Å². The van der Waals surface area contributed by atoms with E-state index in [2.05, 4.69) is 4.98 Å². The van der Waals surface area contributed by atoms with Crippen LogP contribution in [-0.2, 0) is 13.1 Å². The molecule has 12 heteroatoms. The zero-order valence-electron chi connectivity index (χ0n) is 23.2. The van der Waals surface area contributed by atoms with E-state index in [0.29, 0.717) is 40.3 Å². The number of anilines is 3. The number of carbonyl (C=O) groups is 2. The van der Waals surface area contributed by atoms with Gasteiger partial charge in [0.05, 0.1) is 37.8 Å². The van der Waals surface area contributed by atoms with E-state index in [9.17, 15) is 9.59 Å². The topological polar surface area (TPSA) is 99.1 Å². The lowest BCUT2D eigenvalue weighted by Crippen LogP contribution is -2.46. The van der Waals surface area contributed by atoms with Crippen LogP contribution in [0, 0.1) is 17.0 Å². The van der Waals surface area contributed by atoms with Gasteiger partial charge in [0, 0.05) is 48.3 Å². The van der Waals surface area contributed by atoms with Crippen LogP contribution in [0.25, 0.3) is 5.57 Å². The minimum absolute atomic E-state index is 0.198. The Morgan fingerprint density at radius 2 is 1.73 bits per heavy atom. The zero-order chi connectivity index (χ0) is 29.6. The molecular weight excluding hydrogens is 531 g/mol. The van der Waals surface area contributed by atoms with Crippen LogP contribution in [0.4, 0.5) is 30.6 Å². The Kier molecular flexibility index (Phi) is 7.25. The first-order valence-electron chi connectivity index (χ1n) is 12.8. The maximum Gasteiger partial charge on any atom is 0.334 e. The summed E-state index contributed by atoms with van der Waals surface area (Å²) >= 11 is 0. The molecule has 1 radical (unpaired) electrons. The molecule has 2 aromatic carbocycles. The van der Waals surface area contributed by atoms with Gasteiger partial charge in [0.25, 0.3) is 5.91 Å². The molecule has 0 saturated carbocycles. The van der Waals surface area contributed by atoms with Gasteiger partial charge in [0.15, 0.2) is 23.1 Å². The van der Waals surface area contributed by atoms with Crippen molar-refractivity contribution in [2.24, 2.45) is 0 Å². The van der Waals surface area contributed by atoms with E-state index in [1.54, 1.807) is 56.4 Å². The van der Waals surface area contributed by atoms with Gasteiger partial charge in [-0.2, -0.15) is 0 Å². The van der Waals surface area contributed by atoms with Crippen molar-refractivity contribution >= 4 is 47.6 Å². The summed E-state index contributed by atoms with van der Waals surface area (Å²) in [5.41, 5.74) is 3.08. The van der Waals surface area contributed by atoms with E-state index in [1.807, 2.05) is 6.82 Å². The molecule has 5 rings (SSSR count). The Morgan fingerprint density at radius 1 is 1.05 bits per heavy atom. The number of nitrogens with zero attached hydrogens (tertiary/aromatic N) is 4. The molecule has 3 amide bonds. The summed E-state index contributed by atoms with van der Waals surface area (Å²) in [6.45, 7) is 3.67. The maximum absolute atomic E-state index is 15.6. The normalized spacial score (nSPS) is 14.7. The second kappa shape index (κ2) is 10.7. The molecule has 3 heterocycles. The van der Waals surface area contributed by atoms with Crippen molar-refractivity contribution in [1.82, 2.24) is 9.88 Å². The van der Waals surface area contributed by atoms with Gasteiger partial charge in [-0.3, -0.25) is 19.6 Å². The molecule has 0 unspecified atom stereocenters. The van der Waals surface area contributed by atoms with Gasteiger partial charge in [-0.1, -0.05) is 12.9 Å². The predicted octanol–water partition coefficient (Wildman–Crippen LogP) is 5.37. The number of fused-ring (bicyclic) bond motifs is 2. The van der Waals surface area contributed by atoms with Crippen molar-refractivity contribution < 1.29 is 27.8 Å². The zero-order valence-corrected chi connectivity index (χ0v) is 23.2. The minimum Gasteiger partial charge on any atom is -0.493 e. The third kappa shape index (κ3) is 4.58. The first kappa shape index (κ1) is 27.8. The van der Waals surface area contributed by atoms with Gasteiger partial charge in [-0.15, -0.1) is 5.98 Å². The van der Waals surface area contributed by atoms with E-state index in [0.717, 1.165) is 16.5 Å². The monoisotopic (exact) mass is 558 g/mol. The van der Waals surface area contributed by atoms with Crippen LogP contribution in [0.5, 0.6) is 11.5 Å². The van der Waals surface area contributed by atoms with Crippen molar-refractivity contribution in [2.75, 3.05) is 31.1 Å². The van der Waals surface area contributed by atoms with Crippen molar-refractivity contribution in [3.63, 3.8) is 0 Å². The summed E-state index contributed by atoms with van der Waals surface area (Å²) in [7, 11) is 5.92. The molecular formula is C29H27BF2N5O4. The molecule has 41 heavy (non-hydrogen) atoms. The molecule has 0 bridgehead atoms. The van der Waals surface area contributed by atoms with Crippen molar-refractivity contribution in [3.8, 4) is 11.5 Å². The van der Waals surface area contributed by atoms with Gasteiger partial charge in [-0.05, 0) is 30.7 Å². The van der Waals surface area contributed by atoms with Crippen LogP contribution in [0.2, 0.25) is 6.82 Å². The van der Waals surface area contributed by atoms with Crippen molar-refractivity contribution in [1.29, 1.82) is 5.41 Å². The number of ether oxygens (including phenoxy) is 2. The van der Waals surface area contributed by atoms with Gasteiger partial charge in [0.1, 0.15) is 13.0 Å². The smallest absolute Gasteiger partial charge is 0.334 e. The number of nitrogens with one attached hydrogen (secondary N) is 1. The first-order chi connectivity index (χ1) is 19.6. The number of carbonyl (C=O) groups excluding carboxylic acids is 2. The highest BCUT2D eigenvalue weighted by Gasteiger charge is 2.38. The number of halogens is 2. The minimum atomic E-state index is -1.07. The van der Waals surface area contributed by atoms with Gasteiger partial charge in [-0.25, -0.2) is 13.6 Å². The van der Waals surface area contributed by atoms with Crippen LogP contribution >= 0.6 is 0 Å². The molecule has 0 spiro atoms. The SMILES string of the molecule is C[B]/C=C(\C(C)=N)c1cc2c(cn1)CN(c1c(F)c(OC)cc(OC)c1F)C(=O)N2c1ccc2c(c1)C(=O)N(C)C2. The number of hydrogen-bond donors (Lipinski definition) is 1. The second-order valence-corrected chi connectivity index (χ2v) is 9.70. The predicted molar refractivity (Wildman–Crippen MR) is 153 cm³/mol. The average molecular weight is 558 g/mol. The molecule has 209 valence electrons. The molecule has 9 nitrogen and oxygen atoms in total. The fourth-order valence-electron chi connectivity index (χ4n) is 5.09. The summed E-state index contributed by atoms with van der Waals surface area (Å²) in [6.07, 6.45) is 1.52. The summed E-state index contributed by atoms with van der Waals surface area (Å²) in [5, 5.41) is 8.21. The van der Waals surface area contributed by atoms with Gasteiger partial charge in [0.2, 0.25) is 0 Å². The molecule has 0 atom stereocenters. The Labute approximate surface area is 236 Å². The average Bonchev–Trinajstić information content (AvgIpc) is 3.24. The number of hydrogen-bond acceptors (Lipinski definition) is 6. The summed E-state index contributed by atoms with van der Waals surface area (Å²) in [5.74, 6) is -1.18. The molecule has 2 aliphatic rings. The summed E-state index contributed by atoms with van der Waals surface area (Å²) in [6, 6.07) is 7.02. The highest BCUT2D eigenvalue weighted by molar-refractivity contribution is 6.45. The largest absolute Gasteiger partial charge is 0.493 e. The van der Waals surface area contributed by atoms with E-state index in [-0.39, 0.29) is 29.7 Å². The fraction of sp³-hybridized carbons (Fsp3) is 0.241. The molecule has 0 aliphatic carbocycles. The third-order valence-electron chi connectivity index (χ3n) is 7.12. The summed E-state index contributed by atoms with van der Waals surface area (Å²) in [4.78, 5) is 35.4. The Bertz CT molecular complexity index is 1620. The lowest BCUT2D eigenvalue weighted by molar-refractivity contribution is 0.0816. The highest BCUT2D eigenvalue weighted by atomic mass is 19.1. The number of urea groups is 1. The quantitative estimate of drug-likeness (QED) is 0.311. The maximum atomic E-state index is 15.6. The summed E-state index contributed by atoms with van der Waals surface area (Å²) < 4.78 is 41.4. The van der Waals surface area contributed by atoms with E-state index < -0.39 is 23.4 Å². The van der Waals surface area contributed by atoms with Gasteiger partial charge < -0.3 is 19.8 Å². The molecule has 3 aromatic rings. The third-order valence-corrected chi connectivity index (χ3v) is 7.12. The molecule has 0 saturated heterocycles. The highest BCUT2D eigenvalue weighted by Crippen LogP contribution is 2.43. The van der Waals surface area contributed by atoms with Crippen LogP contribution in [0.15, 0.2) is 42.5 Å². The standard InChI is InChI=1S/C29H27BF2N5O4/c1-15(33)20(11-30-2)21-9-22-17(12-34-21)14-36(27-25(31)23(40-4)10-24(41-5)26(27)32)29(39)37(22)18-7-6-16-13-35(3)28(38)19(16)8-18/h6-12,33H,13-14H2,1-5H3/b20-11+,33-15?. The molecule has 1 aromatic heterocycles. The Hall–Kier alpha value is -4.74. The van der Waals surface area contributed by atoms with Crippen LogP contribution in [0.3, 0.4) is 0 Å². The van der Waals surface area contributed by atoms with Crippen LogP contribution in [-0.4, -0.2) is 56.1 Å². The van der Waals surface area contributed by atoms with Crippen molar-refractivity contribution in [3.05, 3.63) is 76.5 Å². The Balaban J connectivity index is 1.74. The van der Waals surface area contributed by atoms with E-state index in [1.165, 1.54) is 25.3 Å². The number of rotatable bonds is 7. The number of methoxy groups -OCH3 is 2. The second-order valence-electron chi connectivity index (χ2n) is 9.70. The lowest BCUT2D eigenvalue weighted by Gasteiger charge is -2.37. The van der Waals surface area contributed by atoms with Crippen LogP contribution in [0.1, 0.15) is 34.1 Å². The lowest BCUT2D eigenvalue weighted by atomic mass is 9.79. The van der Waals surface area contributed by atoms with Gasteiger partial charge >= 0.3 is 6.03 Å². The number of allylic oxidation sites excluding steroid dienone is 1.